The van der Waals surface area contributed by atoms with Crippen molar-refractivity contribution in [3.63, 3.8) is 0 Å². The van der Waals surface area contributed by atoms with Crippen molar-refractivity contribution in [2.75, 3.05) is 5.32 Å². The van der Waals surface area contributed by atoms with E-state index in [2.05, 4.69) is 5.32 Å². The highest BCUT2D eigenvalue weighted by atomic mass is 19.4. The largest absolute Gasteiger partial charge is 0.416 e. The summed E-state index contributed by atoms with van der Waals surface area (Å²) in [5.41, 5.74) is -0.351. The molecule has 0 saturated heterocycles. The highest BCUT2D eigenvalue weighted by Crippen LogP contribution is 2.35. The van der Waals surface area contributed by atoms with E-state index in [1.807, 2.05) is 0 Å². The molecule has 1 aromatic rings. The first-order valence-electron chi connectivity index (χ1n) is 4.83. The van der Waals surface area contributed by atoms with Crippen LogP contribution in [0.1, 0.15) is 25.0 Å². The Morgan fingerprint density at radius 1 is 1.38 bits per heavy atom. The number of benzene rings is 1. The van der Waals surface area contributed by atoms with Crippen molar-refractivity contribution in [2.45, 2.75) is 26.4 Å². The number of rotatable bonds is 2. The summed E-state index contributed by atoms with van der Waals surface area (Å²) in [7, 11) is 0. The zero-order valence-electron chi connectivity index (χ0n) is 8.98. The quantitative estimate of drug-likeness (QED) is 0.831. The highest BCUT2D eigenvalue weighted by Gasteiger charge is 2.33. The molecule has 0 aliphatic heterocycles. The van der Waals surface area contributed by atoms with Crippen molar-refractivity contribution in [2.24, 2.45) is 0 Å². The van der Waals surface area contributed by atoms with E-state index in [0.717, 1.165) is 6.07 Å². The van der Waals surface area contributed by atoms with Gasteiger partial charge in [-0.2, -0.15) is 13.2 Å². The number of hydrogen-bond donors (Lipinski definition) is 1. The van der Waals surface area contributed by atoms with Crippen LogP contribution >= 0.6 is 0 Å². The molecule has 0 aliphatic carbocycles. The number of alkyl halides is 3. The third-order valence-corrected chi connectivity index (χ3v) is 2.15. The van der Waals surface area contributed by atoms with Gasteiger partial charge in [-0.15, -0.1) is 0 Å². The lowest BCUT2D eigenvalue weighted by molar-refractivity contribution is -0.138. The fourth-order valence-electron chi connectivity index (χ4n) is 1.54. The molecule has 1 rings (SSSR count). The van der Waals surface area contributed by atoms with Crippen LogP contribution in [0.3, 0.4) is 0 Å². The minimum atomic E-state index is -4.39. The van der Waals surface area contributed by atoms with Crippen LogP contribution in [0.2, 0.25) is 0 Å². The van der Waals surface area contributed by atoms with Crippen molar-refractivity contribution in [3.05, 3.63) is 29.3 Å². The molecule has 1 amide bonds. The molecular weight excluding hydrogens is 219 g/mol. The Labute approximate surface area is 91.5 Å². The van der Waals surface area contributed by atoms with E-state index in [-0.39, 0.29) is 23.6 Å². The Kier molecular flexibility index (Phi) is 3.57. The normalized spacial score (nSPS) is 11.3. The van der Waals surface area contributed by atoms with Gasteiger partial charge in [0.25, 0.3) is 0 Å². The lowest BCUT2D eigenvalue weighted by Crippen LogP contribution is -2.13. The average Bonchev–Trinajstić information content (AvgIpc) is 2.15. The Bertz CT molecular complexity index is 399. The van der Waals surface area contributed by atoms with Gasteiger partial charge in [0.15, 0.2) is 0 Å². The van der Waals surface area contributed by atoms with Crippen molar-refractivity contribution < 1.29 is 18.0 Å². The second kappa shape index (κ2) is 4.55. The average molecular weight is 231 g/mol. The summed E-state index contributed by atoms with van der Waals surface area (Å²) in [4.78, 5) is 10.8. The van der Waals surface area contributed by atoms with E-state index in [1.165, 1.54) is 19.1 Å². The van der Waals surface area contributed by atoms with Crippen LogP contribution in [0, 0.1) is 0 Å². The molecule has 0 fully saturated rings. The molecule has 0 heterocycles. The first-order valence-corrected chi connectivity index (χ1v) is 4.83. The van der Waals surface area contributed by atoms with Crippen LogP contribution < -0.4 is 5.32 Å². The van der Waals surface area contributed by atoms with Crippen molar-refractivity contribution >= 4 is 11.6 Å². The molecule has 0 unspecified atom stereocenters. The molecule has 0 spiro atoms. The number of amides is 1. The first kappa shape index (κ1) is 12.5. The van der Waals surface area contributed by atoms with Gasteiger partial charge in [-0.3, -0.25) is 4.79 Å². The van der Waals surface area contributed by atoms with Crippen molar-refractivity contribution in [1.29, 1.82) is 0 Å². The number of carbonyl (C=O) groups excluding carboxylic acids is 1. The molecule has 0 aromatic heterocycles. The fraction of sp³-hybridized carbons (Fsp3) is 0.364. The molecule has 1 N–H and O–H groups in total. The molecular formula is C11H12F3NO. The van der Waals surface area contributed by atoms with E-state index in [9.17, 15) is 18.0 Å². The second-order valence-corrected chi connectivity index (χ2v) is 3.36. The Balaban J connectivity index is 3.26. The SMILES string of the molecule is CCc1c(NC(C)=O)cccc1C(F)(F)F. The Morgan fingerprint density at radius 3 is 2.44 bits per heavy atom. The van der Waals surface area contributed by atoms with Crippen LogP contribution in [0.4, 0.5) is 18.9 Å². The number of carbonyl (C=O) groups is 1. The molecule has 0 bridgehead atoms. The van der Waals surface area contributed by atoms with Gasteiger partial charge in [-0.05, 0) is 24.1 Å². The van der Waals surface area contributed by atoms with Crippen molar-refractivity contribution in [1.82, 2.24) is 0 Å². The van der Waals surface area contributed by atoms with Crippen LogP contribution in [0.15, 0.2) is 18.2 Å². The summed E-state index contributed by atoms with van der Waals surface area (Å²) in [6, 6.07) is 3.77. The summed E-state index contributed by atoms with van der Waals surface area (Å²) in [6.07, 6.45) is -4.18. The number of nitrogens with one attached hydrogen (secondary N) is 1. The van der Waals surface area contributed by atoms with Gasteiger partial charge >= 0.3 is 6.18 Å². The van der Waals surface area contributed by atoms with Crippen LogP contribution in [-0.2, 0) is 17.4 Å². The molecule has 0 atom stereocenters. The highest BCUT2D eigenvalue weighted by molar-refractivity contribution is 5.89. The summed E-state index contributed by atoms with van der Waals surface area (Å²) in [6.45, 7) is 2.88. The van der Waals surface area contributed by atoms with Gasteiger partial charge in [0, 0.05) is 12.6 Å². The van der Waals surface area contributed by atoms with E-state index in [0.29, 0.717) is 0 Å². The molecule has 5 heteroatoms. The lowest BCUT2D eigenvalue weighted by Gasteiger charge is -2.15. The number of anilines is 1. The molecule has 0 radical (unpaired) electrons. The Hall–Kier alpha value is -1.52. The molecule has 1 aromatic carbocycles. The predicted molar refractivity (Wildman–Crippen MR) is 55.1 cm³/mol. The maximum atomic E-state index is 12.6. The Morgan fingerprint density at radius 2 is 2.00 bits per heavy atom. The second-order valence-electron chi connectivity index (χ2n) is 3.36. The van der Waals surface area contributed by atoms with Crippen LogP contribution in [0.5, 0.6) is 0 Å². The van der Waals surface area contributed by atoms with E-state index < -0.39 is 11.7 Å². The third kappa shape index (κ3) is 2.74. The first-order chi connectivity index (χ1) is 7.36. The summed E-state index contributed by atoms with van der Waals surface area (Å²) >= 11 is 0. The number of halogens is 3. The van der Waals surface area contributed by atoms with E-state index in [4.69, 9.17) is 0 Å². The van der Waals surface area contributed by atoms with Gasteiger partial charge in [-0.25, -0.2) is 0 Å². The van der Waals surface area contributed by atoms with Gasteiger partial charge in [0.2, 0.25) is 5.91 Å². The van der Waals surface area contributed by atoms with E-state index >= 15 is 0 Å². The maximum absolute atomic E-state index is 12.6. The molecule has 16 heavy (non-hydrogen) atoms. The fourth-order valence-corrected chi connectivity index (χ4v) is 1.54. The van der Waals surface area contributed by atoms with Gasteiger partial charge in [-0.1, -0.05) is 13.0 Å². The minimum Gasteiger partial charge on any atom is -0.326 e. The maximum Gasteiger partial charge on any atom is 0.416 e. The van der Waals surface area contributed by atoms with Gasteiger partial charge in [0.05, 0.1) is 5.56 Å². The monoisotopic (exact) mass is 231 g/mol. The summed E-state index contributed by atoms with van der Waals surface area (Å²) < 4.78 is 37.9. The van der Waals surface area contributed by atoms with Gasteiger partial charge in [0.1, 0.15) is 0 Å². The van der Waals surface area contributed by atoms with E-state index in [1.54, 1.807) is 6.92 Å². The zero-order valence-corrected chi connectivity index (χ0v) is 8.98. The minimum absolute atomic E-state index is 0.116. The third-order valence-electron chi connectivity index (χ3n) is 2.15. The molecule has 88 valence electrons. The molecule has 0 saturated carbocycles. The topological polar surface area (TPSA) is 29.1 Å². The lowest BCUT2D eigenvalue weighted by atomic mass is 10.0. The molecule has 2 nitrogen and oxygen atoms in total. The van der Waals surface area contributed by atoms with Crippen LogP contribution in [-0.4, -0.2) is 5.91 Å². The smallest absolute Gasteiger partial charge is 0.326 e. The zero-order chi connectivity index (χ0) is 12.3. The van der Waals surface area contributed by atoms with Crippen LogP contribution in [0.25, 0.3) is 0 Å². The predicted octanol–water partition coefficient (Wildman–Crippen LogP) is 3.23. The standard InChI is InChI=1S/C11H12F3NO/c1-3-8-9(11(12,13)14)5-4-6-10(8)15-7(2)16/h4-6H,3H2,1-2H3,(H,15,16). The summed E-state index contributed by atoms with van der Waals surface area (Å²) in [5.74, 6) is -0.381. The number of hydrogen-bond acceptors (Lipinski definition) is 1. The van der Waals surface area contributed by atoms with Crippen molar-refractivity contribution in [3.8, 4) is 0 Å². The van der Waals surface area contributed by atoms with Gasteiger partial charge < -0.3 is 5.32 Å². The molecule has 0 aliphatic rings. The summed E-state index contributed by atoms with van der Waals surface area (Å²) in [5, 5.41) is 2.40.